The summed E-state index contributed by atoms with van der Waals surface area (Å²) in [7, 11) is 0. The first kappa shape index (κ1) is 16.0. The number of hydrogen-bond donors (Lipinski definition) is 1. The van der Waals surface area contributed by atoms with Crippen LogP contribution in [0.2, 0.25) is 0 Å². The fraction of sp³-hybridized carbons (Fsp3) is 0.444. The number of nitrogens with zero attached hydrogens (tertiary/aromatic N) is 3. The van der Waals surface area contributed by atoms with Crippen LogP contribution in [0.25, 0.3) is 0 Å². The molecule has 1 saturated heterocycles. The second kappa shape index (κ2) is 6.33. The molecule has 3 rings (SSSR count). The Bertz CT molecular complexity index is 761. The molecule has 1 aromatic rings. The number of hydrogen-bond acceptors (Lipinski definition) is 4. The van der Waals surface area contributed by atoms with Crippen molar-refractivity contribution in [1.82, 2.24) is 10.2 Å². The molecule has 2 atom stereocenters. The van der Waals surface area contributed by atoms with Crippen LogP contribution in [0.4, 0.5) is 4.79 Å². The zero-order chi connectivity index (χ0) is 17.2. The van der Waals surface area contributed by atoms with Gasteiger partial charge in [0.1, 0.15) is 5.54 Å². The Hall–Kier alpha value is -2.86. The van der Waals surface area contributed by atoms with Crippen LogP contribution in [0.1, 0.15) is 36.8 Å². The predicted octanol–water partition coefficient (Wildman–Crippen LogP) is 2.21. The maximum Gasteiger partial charge on any atom is 0.325 e. The molecular weight excluding hydrogens is 304 g/mol. The van der Waals surface area contributed by atoms with E-state index in [1.54, 1.807) is 0 Å². The summed E-state index contributed by atoms with van der Waals surface area (Å²) in [5.41, 5.74) is 0.949. The lowest BCUT2D eigenvalue weighted by Gasteiger charge is -2.33. The number of carbonyl (C=O) groups excluding carboxylic acids is 2. The second-order valence-electron chi connectivity index (χ2n) is 6.28. The van der Waals surface area contributed by atoms with Gasteiger partial charge in [-0.2, -0.15) is 10.5 Å². The number of nitriles is 2. The zero-order valence-electron chi connectivity index (χ0n) is 13.3. The summed E-state index contributed by atoms with van der Waals surface area (Å²) in [5.74, 6) is -0.801. The molecule has 1 heterocycles. The number of imide groups is 1. The first-order valence-corrected chi connectivity index (χ1v) is 8.11. The molecule has 0 radical (unpaired) electrons. The number of aryl methyl sites for hydroxylation is 1. The van der Waals surface area contributed by atoms with Crippen LogP contribution in [-0.4, -0.2) is 23.4 Å². The molecule has 122 valence electrons. The quantitative estimate of drug-likeness (QED) is 0.859. The van der Waals surface area contributed by atoms with E-state index in [1.807, 2.05) is 30.3 Å². The Labute approximate surface area is 140 Å². The van der Waals surface area contributed by atoms with Crippen molar-refractivity contribution in [2.45, 2.75) is 37.6 Å². The van der Waals surface area contributed by atoms with Gasteiger partial charge in [-0.05, 0) is 36.8 Å². The largest absolute Gasteiger partial charge is 0.325 e. The van der Waals surface area contributed by atoms with Gasteiger partial charge >= 0.3 is 6.03 Å². The SMILES string of the molecule is N#CCC[C@H](C#N)CN1C(=O)N[C@@]2(CCCc3ccccc32)C1=O. The predicted molar refractivity (Wildman–Crippen MR) is 85.3 cm³/mol. The molecule has 0 unspecified atom stereocenters. The molecule has 2 aliphatic rings. The number of rotatable bonds is 4. The zero-order valence-corrected chi connectivity index (χ0v) is 13.3. The van der Waals surface area contributed by atoms with Crippen molar-refractivity contribution in [3.05, 3.63) is 35.4 Å². The highest BCUT2D eigenvalue weighted by Gasteiger charge is 2.54. The maximum atomic E-state index is 13.0. The van der Waals surface area contributed by atoms with Crippen LogP contribution < -0.4 is 5.32 Å². The lowest BCUT2D eigenvalue weighted by molar-refractivity contribution is -0.132. The lowest BCUT2D eigenvalue weighted by Crippen LogP contribution is -2.46. The van der Waals surface area contributed by atoms with Crippen LogP contribution in [-0.2, 0) is 16.8 Å². The highest BCUT2D eigenvalue weighted by Crippen LogP contribution is 2.40. The van der Waals surface area contributed by atoms with Crippen molar-refractivity contribution in [1.29, 1.82) is 10.5 Å². The van der Waals surface area contributed by atoms with Gasteiger partial charge in [0.15, 0.2) is 0 Å². The van der Waals surface area contributed by atoms with E-state index in [0.29, 0.717) is 12.8 Å². The molecular formula is C18H18N4O2. The van der Waals surface area contributed by atoms with Crippen LogP contribution in [0.5, 0.6) is 0 Å². The number of fused-ring (bicyclic) bond motifs is 2. The Morgan fingerprint density at radius 1 is 1.29 bits per heavy atom. The fourth-order valence-corrected chi connectivity index (χ4v) is 3.63. The Morgan fingerprint density at radius 2 is 2.08 bits per heavy atom. The molecule has 1 aliphatic heterocycles. The van der Waals surface area contributed by atoms with Crippen molar-refractivity contribution < 1.29 is 9.59 Å². The second-order valence-corrected chi connectivity index (χ2v) is 6.28. The number of amides is 3. The minimum Gasteiger partial charge on any atom is -0.319 e. The van der Waals surface area contributed by atoms with E-state index in [9.17, 15) is 14.9 Å². The molecule has 1 N–H and O–H groups in total. The van der Waals surface area contributed by atoms with E-state index in [1.165, 1.54) is 0 Å². The molecule has 0 aromatic heterocycles. The van der Waals surface area contributed by atoms with Crippen LogP contribution >= 0.6 is 0 Å². The summed E-state index contributed by atoms with van der Waals surface area (Å²) >= 11 is 0. The fourth-order valence-electron chi connectivity index (χ4n) is 3.63. The molecule has 6 nitrogen and oxygen atoms in total. The highest BCUT2D eigenvalue weighted by atomic mass is 16.2. The van der Waals surface area contributed by atoms with Crippen LogP contribution in [0, 0.1) is 28.6 Å². The van der Waals surface area contributed by atoms with E-state index >= 15 is 0 Å². The Balaban J connectivity index is 1.88. The van der Waals surface area contributed by atoms with Crippen LogP contribution in [0.15, 0.2) is 24.3 Å². The number of benzene rings is 1. The van der Waals surface area contributed by atoms with Crippen molar-refractivity contribution in [2.75, 3.05) is 6.54 Å². The van der Waals surface area contributed by atoms with Crippen molar-refractivity contribution >= 4 is 11.9 Å². The molecule has 1 fully saturated rings. The normalized spacial score (nSPS) is 23.3. The standard InChI is InChI=1S/C18H18N4O2/c19-10-4-5-13(11-20)12-22-16(23)18(21-17(22)24)9-3-7-14-6-1-2-8-15(14)18/h1-2,6,8,13H,3-5,7,9,12H2,(H,21,24)/t13-,18-/m1/s1. The average Bonchev–Trinajstić information content (AvgIpc) is 2.83. The smallest absolute Gasteiger partial charge is 0.319 e. The van der Waals surface area contributed by atoms with Gasteiger partial charge in [0.25, 0.3) is 5.91 Å². The highest BCUT2D eigenvalue weighted by molar-refractivity contribution is 6.07. The van der Waals surface area contributed by atoms with Gasteiger partial charge in [-0.25, -0.2) is 4.79 Å². The molecule has 1 spiro atoms. The van der Waals surface area contributed by atoms with Crippen molar-refractivity contribution in [2.24, 2.45) is 5.92 Å². The first-order chi connectivity index (χ1) is 11.6. The van der Waals surface area contributed by atoms with Gasteiger partial charge in [-0.15, -0.1) is 0 Å². The number of urea groups is 1. The van der Waals surface area contributed by atoms with E-state index in [2.05, 4.69) is 11.4 Å². The Morgan fingerprint density at radius 3 is 2.83 bits per heavy atom. The van der Waals surface area contributed by atoms with Gasteiger partial charge in [0, 0.05) is 13.0 Å². The average molecular weight is 322 g/mol. The van der Waals surface area contributed by atoms with E-state index in [-0.39, 0.29) is 18.9 Å². The molecule has 1 aromatic carbocycles. The van der Waals surface area contributed by atoms with Gasteiger partial charge < -0.3 is 5.32 Å². The van der Waals surface area contributed by atoms with Gasteiger partial charge in [0.05, 0.1) is 18.1 Å². The molecule has 3 amide bonds. The summed E-state index contributed by atoms with van der Waals surface area (Å²) in [6.45, 7) is 0.0345. The summed E-state index contributed by atoms with van der Waals surface area (Å²) < 4.78 is 0. The van der Waals surface area contributed by atoms with E-state index in [0.717, 1.165) is 28.9 Å². The first-order valence-electron chi connectivity index (χ1n) is 8.11. The number of nitrogens with one attached hydrogen (secondary N) is 1. The van der Waals surface area contributed by atoms with Crippen LogP contribution in [0.3, 0.4) is 0 Å². The topological polar surface area (TPSA) is 97.0 Å². The third kappa shape index (κ3) is 2.51. The molecule has 1 aliphatic carbocycles. The third-order valence-corrected chi connectivity index (χ3v) is 4.84. The van der Waals surface area contributed by atoms with Gasteiger partial charge in [0.2, 0.25) is 0 Å². The van der Waals surface area contributed by atoms with E-state index in [4.69, 9.17) is 5.26 Å². The lowest BCUT2D eigenvalue weighted by atomic mass is 9.76. The van der Waals surface area contributed by atoms with Gasteiger partial charge in [-0.1, -0.05) is 24.3 Å². The minimum atomic E-state index is -0.999. The third-order valence-electron chi connectivity index (χ3n) is 4.84. The minimum absolute atomic E-state index is 0.0345. The molecule has 0 saturated carbocycles. The summed E-state index contributed by atoms with van der Waals surface area (Å²) in [5, 5.41) is 20.8. The summed E-state index contributed by atoms with van der Waals surface area (Å²) in [6, 6.07) is 11.3. The molecule has 6 heteroatoms. The van der Waals surface area contributed by atoms with Gasteiger partial charge in [-0.3, -0.25) is 9.69 Å². The summed E-state index contributed by atoms with van der Waals surface area (Å²) in [6.07, 6.45) is 2.88. The Kier molecular flexibility index (Phi) is 4.22. The van der Waals surface area contributed by atoms with E-state index < -0.39 is 17.5 Å². The number of carbonyl (C=O) groups is 2. The monoisotopic (exact) mass is 322 g/mol. The molecule has 24 heavy (non-hydrogen) atoms. The molecule has 0 bridgehead atoms. The van der Waals surface area contributed by atoms with Crippen molar-refractivity contribution in [3.63, 3.8) is 0 Å². The van der Waals surface area contributed by atoms with Crippen molar-refractivity contribution in [3.8, 4) is 12.1 Å². The maximum absolute atomic E-state index is 13.0. The summed E-state index contributed by atoms with van der Waals surface area (Å²) in [4.78, 5) is 26.6.